The van der Waals surface area contributed by atoms with Crippen LogP contribution in [-0.4, -0.2) is 17.5 Å². The van der Waals surface area contributed by atoms with Gasteiger partial charge < -0.3 is 5.11 Å². The molecule has 0 aliphatic heterocycles. The Bertz CT molecular complexity index is 396. The summed E-state index contributed by atoms with van der Waals surface area (Å²) in [7, 11) is 0. The first-order valence-corrected chi connectivity index (χ1v) is 5.13. The van der Waals surface area contributed by atoms with Gasteiger partial charge in [-0.25, -0.2) is 8.78 Å². The van der Waals surface area contributed by atoms with E-state index in [9.17, 15) is 13.6 Å². The summed E-state index contributed by atoms with van der Waals surface area (Å²) in [6, 6.07) is 4.27. The Morgan fingerprint density at radius 1 is 1.38 bits per heavy atom. The molecule has 0 spiro atoms. The maximum atomic E-state index is 12.7. The zero-order valence-electron chi connectivity index (χ0n) is 7.96. The molecule has 1 atom stereocenters. The molecule has 6 heteroatoms. The molecule has 0 aliphatic carbocycles. The van der Waals surface area contributed by atoms with E-state index in [1.807, 2.05) is 0 Å². The second-order valence-electron chi connectivity index (χ2n) is 3.18. The molecule has 0 saturated heterocycles. The highest BCUT2D eigenvalue weighted by Crippen LogP contribution is 2.35. The Morgan fingerprint density at radius 3 is 2.50 bits per heavy atom. The minimum Gasteiger partial charge on any atom is -0.481 e. The van der Waals surface area contributed by atoms with Crippen LogP contribution in [0.3, 0.4) is 0 Å². The molecule has 0 bridgehead atoms. The predicted octanol–water partition coefficient (Wildman–Crippen LogP) is 3.82. The number of alkyl halides is 2. The summed E-state index contributed by atoms with van der Waals surface area (Å²) in [5.74, 6) is -2.75. The summed E-state index contributed by atoms with van der Waals surface area (Å²) in [4.78, 5) is 10.5. The molecule has 0 fully saturated rings. The van der Waals surface area contributed by atoms with E-state index in [0.717, 1.165) is 0 Å². The van der Waals surface area contributed by atoms with E-state index in [0.29, 0.717) is 0 Å². The molecule has 1 rings (SSSR count). The normalized spacial score (nSPS) is 12.8. The summed E-state index contributed by atoms with van der Waals surface area (Å²) in [6.07, 6.45) is -3.48. The molecule has 0 radical (unpaired) electrons. The number of rotatable bonds is 4. The first-order chi connectivity index (χ1) is 7.43. The maximum absolute atomic E-state index is 12.7. The number of benzene rings is 1. The first-order valence-electron chi connectivity index (χ1n) is 4.37. The Kier molecular flexibility index (Phi) is 4.50. The van der Waals surface area contributed by atoms with Crippen molar-refractivity contribution in [1.29, 1.82) is 0 Å². The molecule has 1 unspecified atom stereocenters. The van der Waals surface area contributed by atoms with Crippen molar-refractivity contribution in [3.05, 3.63) is 33.8 Å². The molecular weight excluding hydrogens is 261 g/mol. The zero-order chi connectivity index (χ0) is 12.3. The van der Waals surface area contributed by atoms with Gasteiger partial charge in [-0.3, -0.25) is 4.79 Å². The molecule has 1 aromatic rings. The van der Waals surface area contributed by atoms with Crippen LogP contribution in [0, 0.1) is 0 Å². The Morgan fingerprint density at radius 2 is 2.00 bits per heavy atom. The lowest BCUT2D eigenvalue weighted by Gasteiger charge is -2.16. The van der Waals surface area contributed by atoms with Crippen molar-refractivity contribution in [3.63, 3.8) is 0 Å². The molecule has 0 aromatic heterocycles. The lowest BCUT2D eigenvalue weighted by atomic mass is 9.96. The molecule has 1 aromatic carbocycles. The van der Waals surface area contributed by atoms with E-state index in [1.54, 1.807) is 0 Å². The van der Waals surface area contributed by atoms with E-state index in [-0.39, 0.29) is 15.6 Å². The van der Waals surface area contributed by atoms with Gasteiger partial charge in [-0.2, -0.15) is 0 Å². The zero-order valence-corrected chi connectivity index (χ0v) is 9.47. The Hall–Kier alpha value is -0.870. The van der Waals surface area contributed by atoms with Crippen molar-refractivity contribution in [3.8, 4) is 0 Å². The van der Waals surface area contributed by atoms with Gasteiger partial charge in [-0.05, 0) is 11.6 Å². The highest BCUT2D eigenvalue weighted by Gasteiger charge is 2.27. The third kappa shape index (κ3) is 3.06. The van der Waals surface area contributed by atoms with Crippen LogP contribution in [0.2, 0.25) is 10.0 Å². The summed E-state index contributed by atoms with van der Waals surface area (Å²) >= 11 is 11.4. The van der Waals surface area contributed by atoms with Crippen LogP contribution in [0.25, 0.3) is 0 Å². The van der Waals surface area contributed by atoms with Gasteiger partial charge in [0.1, 0.15) is 0 Å². The van der Waals surface area contributed by atoms with Gasteiger partial charge >= 0.3 is 5.97 Å². The number of carboxylic acids is 1. The van der Waals surface area contributed by atoms with Crippen LogP contribution < -0.4 is 0 Å². The summed E-state index contributed by atoms with van der Waals surface area (Å²) in [5, 5.41) is 8.66. The number of halogens is 4. The molecule has 1 N–H and O–H groups in total. The Labute approximate surface area is 101 Å². The van der Waals surface area contributed by atoms with E-state index >= 15 is 0 Å². The van der Waals surface area contributed by atoms with Crippen molar-refractivity contribution < 1.29 is 18.7 Å². The molecule has 0 saturated carbocycles. The van der Waals surface area contributed by atoms with Crippen molar-refractivity contribution in [2.45, 2.75) is 18.8 Å². The lowest BCUT2D eigenvalue weighted by Crippen LogP contribution is -2.14. The van der Waals surface area contributed by atoms with E-state index in [1.165, 1.54) is 18.2 Å². The number of carbonyl (C=O) groups is 1. The molecule has 2 nitrogen and oxygen atoms in total. The fourth-order valence-electron chi connectivity index (χ4n) is 1.33. The number of carboxylic acid groups (broad SMARTS) is 1. The van der Waals surface area contributed by atoms with Gasteiger partial charge in [0.05, 0.1) is 22.4 Å². The highest BCUT2D eigenvalue weighted by atomic mass is 35.5. The molecule has 16 heavy (non-hydrogen) atoms. The standard InChI is InChI=1S/C10H8Cl2F2O2/c11-7-3-1-2-5(9(7)12)6(10(13)14)4-8(15)16/h1-3,6,10H,4H2,(H,15,16). The molecule has 88 valence electrons. The van der Waals surface area contributed by atoms with Crippen molar-refractivity contribution in [2.24, 2.45) is 0 Å². The van der Waals surface area contributed by atoms with Gasteiger partial charge in [0.15, 0.2) is 0 Å². The topological polar surface area (TPSA) is 37.3 Å². The van der Waals surface area contributed by atoms with Crippen LogP contribution in [0.1, 0.15) is 17.9 Å². The van der Waals surface area contributed by atoms with E-state index in [2.05, 4.69) is 0 Å². The average molecular weight is 269 g/mol. The summed E-state index contributed by atoms with van der Waals surface area (Å²) < 4.78 is 25.4. The van der Waals surface area contributed by atoms with Crippen LogP contribution in [0.4, 0.5) is 8.78 Å². The highest BCUT2D eigenvalue weighted by molar-refractivity contribution is 6.42. The quantitative estimate of drug-likeness (QED) is 0.902. The Balaban J connectivity index is 3.10. The first kappa shape index (κ1) is 13.2. The van der Waals surface area contributed by atoms with Crippen LogP contribution >= 0.6 is 23.2 Å². The minimum atomic E-state index is -2.80. The second-order valence-corrected chi connectivity index (χ2v) is 3.97. The minimum absolute atomic E-state index is 0.0179. The lowest BCUT2D eigenvalue weighted by molar-refractivity contribution is -0.138. The fourth-order valence-corrected chi connectivity index (χ4v) is 1.78. The number of hydrogen-bond donors (Lipinski definition) is 1. The largest absolute Gasteiger partial charge is 0.481 e. The van der Waals surface area contributed by atoms with Crippen molar-refractivity contribution in [2.75, 3.05) is 0 Å². The fraction of sp³-hybridized carbons (Fsp3) is 0.300. The maximum Gasteiger partial charge on any atom is 0.304 e. The molecular formula is C10H8Cl2F2O2. The predicted molar refractivity (Wildman–Crippen MR) is 57.5 cm³/mol. The number of aliphatic carboxylic acids is 1. The van der Waals surface area contributed by atoms with Gasteiger partial charge in [0.2, 0.25) is 6.43 Å². The summed E-state index contributed by atoms with van der Waals surface area (Å²) in [6.45, 7) is 0. The van der Waals surface area contributed by atoms with E-state index in [4.69, 9.17) is 28.3 Å². The van der Waals surface area contributed by atoms with Crippen molar-refractivity contribution in [1.82, 2.24) is 0 Å². The van der Waals surface area contributed by atoms with Gasteiger partial charge in [0, 0.05) is 0 Å². The number of hydrogen-bond acceptors (Lipinski definition) is 1. The van der Waals surface area contributed by atoms with Crippen molar-refractivity contribution >= 4 is 29.2 Å². The van der Waals surface area contributed by atoms with Gasteiger partial charge in [0.25, 0.3) is 0 Å². The van der Waals surface area contributed by atoms with Crippen LogP contribution in [0.15, 0.2) is 18.2 Å². The smallest absolute Gasteiger partial charge is 0.304 e. The monoisotopic (exact) mass is 268 g/mol. The average Bonchev–Trinajstić information content (AvgIpc) is 2.18. The second kappa shape index (κ2) is 5.46. The molecule has 0 aliphatic rings. The van der Waals surface area contributed by atoms with Crippen LogP contribution in [0.5, 0.6) is 0 Å². The third-order valence-electron chi connectivity index (χ3n) is 2.08. The van der Waals surface area contributed by atoms with Gasteiger partial charge in [-0.1, -0.05) is 35.3 Å². The summed E-state index contributed by atoms with van der Waals surface area (Å²) in [5.41, 5.74) is 0.0616. The van der Waals surface area contributed by atoms with E-state index < -0.39 is 24.7 Å². The van der Waals surface area contributed by atoms with Crippen LogP contribution in [-0.2, 0) is 4.79 Å². The van der Waals surface area contributed by atoms with Gasteiger partial charge in [-0.15, -0.1) is 0 Å². The SMILES string of the molecule is O=C(O)CC(c1cccc(Cl)c1Cl)C(F)F. The molecule has 0 amide bonds. The molecule has 0 heterocycles. The third-order valence-corrected chi connectivity index (χ3v) is 2.91.